The predicted octanol–water partition coefficient (Wildman–Crippen LogP) is -5.43. The van der Waals surface area contributed by atoms with E-state index in [-0.39, 0.29) is 161 Å². The first-order valence-electron chi connectivity index (χ1n) is 10.8. The van der Waals surface area contributed by atoms with E-state index in [1.54, 1.807) is 0 Å². The maximum Gasteiger partial charge on any atom is 1.00 e. The Kier molecular flexibility index (Phi) is 45.8. The molecule has 0 aromatic carbocycles. The minimum Gasteiger partial charge on any atom is -0.861 e. The average molecular weight is 491 g/mol. The van der Waals surface area contributed by atoms with Gasteiger partial charge in [0.2, 0.25) is 0 Å². The van der Waals surface area contributed by atoms with Gasteiger partial charge in [0.1, 0.15) is 0 Å². The molecule has 0 saturated carbocycles. The van der Waals surface area contributed by atoms with Crippen LogP contribution in [0.4, 0.5) is 0 Å². The van der Waals surface area contributed by atoms with Crippen molar-refractivity contribution in [2.24, 2.45) is 0 Å². The molecule has 0 aromatic heterocycles. The summed E-state index contributed by atoms with van der Waals surface area (Å²) in [4.78, 5) is 30.9. The van der Waals surface area contributed by atoms with Crippen molar-refractivity contribution in [2.45, 2.75) is 122 Å². The Morgan fingerprint density at radius 1 is 0.464 bits per heavy atom. The zero-order valence-corrected chi connectivity index (χ0v) is 29.9. The van der Waals surface area contributed by atoms with E-state index in [2.05, 4.69) is 11.3 Å². The summed E-state index contributed by atoms with van der Waals surface area (Å²) in [5.74, 6) is 0. The molecule has 0 amide bonds. The van der Waals surface area contributed by atoms with Crippen molar-refractivity contribution in [1.29, 1.82) is 0 Å². The molecule has 0 heterocycles. The molecule has 0 saturated heterocycles. The summed E-state index contributed by atoms with van der Waals surface area (Å²) in [6.45, 7) is 2.33. The Morgan fingerprint density at radius 2 is 0.714 bits per heavy atom. The molecule has 28 heavy (non-hydrogen) atoms. The third kappa shape index (κ3) is 38.2. The second-order valence-corrected chi connectivity index (χ2v) is 8.65. The van der Waals surface area contributed by atoms with Crippen LogP contribution in [0.15, 0.2) is 0 Å². The van der Waals surface area contributed by atoms with E-state index in [0.717, 1.165) is 12.8 Å². The fourth-order valence-corrected chi connectivity index (χ4v) is 3.60. The maximum atomic E-state index is 10.3. The maximum absolute atomic E-state index is 10.3. The zero-order chi connectivity index (χ0) is 18.6. The standard InChI is InChI=1S/C20H41O4Si.3K/c1-2-3-4-5-6-7-8-9-10-11-12-13-14-15-16-17-18-19-20-24-25(21,22)23;;;/h2-20H2,1H3;;;/q-3;3*+1. The van der Waals surface area contributed by atoms with E-state index in [0.29, 0.717) is 6.42 Å². The second kappa shape index (κ2) is 32.0. The van der Waals surface area contributed by atoms with Crippen LogP contribution in [0.2, 0.25) is 0 Å². The van der Waals surface area contributed by atoms with Crippen LogP contribution >= 0.6 is 0 Å². The fourth-order valence-electron chi connectivity index (χ4n) is 3.20. The second-order valence-electron chi connectivity index (χ2n) is 7.36. The van der Waals surface area contributed by atoms with Crippen LogP contribution in [-0.2, 0) is 4.43 Å². The molecule has 0 bridgehead atoms. The van der Waals surface area contributed by atoms with Crippen LogP contribution < -0.4 is 169 Å². The molecule has 0 unspecified atom stereocenters. The minimum atomic E-state index is -5.02. The summed E-state index contributed by atoms with van der Waals surface area (Å²) < 4.78 is 4.23. The van der Waals surface area contributed by atoms with Gasteiger partial charge in [-0.2, -0.15) is 0 Å². The minimum absolute atomic E-state index is 0. The quantitative estimate of drug-likeness (QED) is 0.126. The van der Waals surface area contributed by atoms with E-state index >= 15 is 0 Å². The summed E-state index contributed by atoms with van der Waals surface area (Å²) in [5, 5.41) is 0. The molecular formula is C20H41K3O4Si. The molecule has 0 aromatic rings. The van der Waals surface area contributed by atoms with Crippen molar-refractivity contribution in [3.8, 4) is 0 Å². The molecule has 4 nitrogen and oxygen atoms in total. The third-order valence-corrected chi connectivity index (χ3v) is 5.33. The van der Waals surface area contributed by atoms with Gasteiger partial charge < -0.3 is 18.8 Å². The zero-order valence-electron chi connectivity index (χ0n) is 19.6. The molecule has 0 spiro atoms. The van der Waals surface area contributed by atoms with Crippen molar-refractivity contribution in [3.63, 3.8) is 0 Å². The number of hydrogen-bond acceptors (Lipinski definition) is 4. The largest absolute Gasteiger partial charge is 1.00 e. The molecular weight excluding hydrogens is 450 g/mol. The number of unbranched alkanes of at least 4 members (excludes halogenated alkanes) is 17. The molecule has 152 valence electrons. The van der Waals surface area contributed by atoms with E-state index in [1.165, 1.54) is 96.3 Å². The monoisotopic (exact) mass is 490 g/mol. The van der Waals surface area contributed by atoms with Crippen molar-refractivity contribution in [1.82, 2.24) is 0 Å². The summed E-state index contributed by atoms with van der Waals surface area (Å²) >= 11 is 0. The molecule has 0 N–H and O–H groups in total. The van der Waals surface area contributed by atoms with Crippen LogP contribution in [0.3, 0.4) is 0 Å². The Balaban J connectivity index is -0.000000960. The average Bonchev–Trinajstić information content (AvgIpc) is 2.56. The van der Waals surface area contributed by atoms with Gasteiger partial charge in [0.15, 0.2) is 0 Å². The Hall–Kier alpha value is 4.97. The molecule has 0 aliphatic rings. The van der Waals surface area contributed by atoms with E-state index in [9.17, 15) is 14.4 Å². The Bertz CT molecular complexity index is 270. The van der Waals surface area contributed by atoms with Gasteiger partial charge in [-0.05, 0) is 6.42 Å². The van der Waals surface area contributed by atoms with Gasteiger partial charge in [-0.15, -0.1) is 9.05 Å². The van der Waals surface area contributed by atoms with Crippen molar-refractivity contribution < 1.29 is 173 Å². The van der Waals surface area contributed by atoms with Gasteiger partial charge in [-0.3, -0.25) is 0 Å². The van der Waals surface area contributed by atoms with Crippen LogP contribution in [0.5, 0.6) is 0 Å². The Labute approximate surface area is 304 Å². The topological polar surface area (TPSA) is 78.4 Å². The first kappa shape index (κ1) is 40.1. The van der Waals surface area contributed by atoms with Crippen molar-refractivity contribution >= 4 is 9.05 Å². The van der Waals surface area contributed by atoms with Gasteiger partial charge in [0.05, 0.1) is 0 Å². The summed E-state index contributed by atoms with van der Waals surface area (Å²) in [5.41, 5.74) is 0. The van der Waals surface area contributed by atoms with Crippen LogP contribution in [0.1, 0.15) is 122 Å². The van der Waals surface area contributed by atoms with E-state index in [1.807, 2.05) is 0 Å². The normalized spacial score (nSPS) is 10.7. The summed E-state index contributed by atoms with van der Waals surface area (Å²) in [6, 6.07) is 0. The van der Waals surface area contributed by atoms with E-state index in [4.69, 9.17) is 0 Å². The Morgan fingerprint density at radius 3 is 0.964 bits per heavy atom. The van der Waals surface area contributed by atoms with Gasteiger partial charge in [-0.1, -0.05) is 116 Å². The smallest absolute Gasteiger partial charge is 0.861 e. The molecule has 0 rings (SSSR count). The van der Waals surface area contributed by atoms with Gasteiger partial charge in [-0.25, -0.2) is 0 Å². The van der Waals surface area contributed by atoms with Gasteiger partial charge >= 0.3 is 154 Å². The van der Waals surface area contributed by atoms with Crippen LogP contribution in [0, 0.1) is 0 Å². The summed E-state index contributed by atoms with van der Waals surface area (Å²) in [6.07, 6.45) is 23.3. The predicted molar refractivity (Wildman–Crippen MR) is 100 cm³/mol. The fraction of sp³-hybridized carbons (Fsp3) is 1.00. The molecule has 0 aliphatic carbocycles. The van der Waals surface area contributed by atoms with E-state index < -0.39 is 9.05 Å². The number of rotatable bonds is 20. The van der Waals surface area contributed by atoms with Gasteiger partial charge in [0.25, 0.3) is 0 Å². The molecule has 0 radical (unpaired) electrons. The van der Waals surface area contributed by atoms with Crippen LogP contribution in [0.25, 0.3) is 0 Å². The summed E-state index contributed by atoms with van der Waals surface area (Å²) in [7, 11) is -5.02. The number of hydrogen-bond donors (Lipinski definition) is 0. The molecule has 0 fully saturated rings. The first-order chi connectivity index (χ1) is 12.1. The third-order valence-electron chi connectivity index (χ3n) is 4.78. The van der Waals surface area contributed by atoms with Crippen LogP contribution in [-0.4, -0.2) is 15.7 Å². The van der Waals surface area contributed by atoms with Crippen molar-refractivity contribution in [3.05, 3.63) is 0 Å². The SMILES string of the molecule is CCCCCCCCCCCCCCCCCCCCO[Si]([O-])([O-])[O-].[K+].[K+].[K+]. The molecule has 0 aliphatic heterocycles. The molecule has 0 atom stereocenters. The van der Waals surface area contributed by atoms with Gasteiger partial charge in [0, 0.05) is 6.61 Å². The first-order valence-corrected chi connectivity index (χ1v) is 12.4. The van der Waals surface area contributed by atoms with Crippen molar-refractivity contribution in [2.75, 3.05) is 6.61 Å². The molecule has 8 heteroatoms.